The molecule has 1 aromatic heterocycles. The zero-order valence-electron chi connectivity index (χ0n) is 18.4. The third-order valence-corrected chi connectivity index (χ3v) is 6.56. The van der Waals surface area contributed by atoms with Gasteiger partial charge in [0.15, 0.2) is 0 Å². The van der Waals surface area contributed by atoms with Crippen molar-refractivity contribution in [1.29, 1.82) is 0 Å². The predicted octanol–water partition coefficient (Wildman–Crippen LogP) is 6.38. The summed E-state index contributed by atoms with van der Waals surface area (Å²) in [6.07, 6.45) is 9.03. The average molecular weight is 434 g/mol. The third-order valence-electron chi connectivity index (χ3n) is 6.56. The summed E-state index contributed by atoms with van der Waals surface area (Å²) in [5.74, 6) is -0.351. The van der Waals surface area contributed by atoms with E-state index in [1.807, 2.05) is 24.3 Å². The lowest BCUT2D eigenvalue weighted by Gasteiger charge is -2.13. The molecule has 0 saturated heterocycles. The molecule has 0 aliphatic heterocycles. The minimum atomic E-state index is -0.839. The summed E-state index contributed by atoms with van der Waals surface area (Å²) in [6.45, 7) is 0. The number of furan rings is 1. The van der Waals surface area contributed by atoms with Crippen molar-refractivity contribution in [2.75, 3.05) is 0 Å². The van der Waals surface area contributed by atoms with Crippen LogP contribution in [0.15, 0.2) is 58.1 Å². The van der Waals surface area contributed by atoms with Crippen molar-refractivity contribution in [3.8, 4) is 0 Å². The van der Waals surface area contributed by atoms with Crippen molar-refractivity contribution in [2.24, 2.45) is 11.1 Å². The van der Waals surface area contributed by atoms with E-state index < -0.39 is 11.9 Å². The number of carbonyl (C=O) groups is 1. The number of rotatable bonds is 11. The Labute approximate surface area is 188 Å². The molecule has 5 nitrogen and oxygen atoms in total. The molecular formula is C27H31NO4. The minimum absolute atomic E-state index is 0.210. The molecule has 4 rings (SSSR count). The maximum absolute atomic E-state index is 11.8. The predicted molar refractivity (Wildman–Crippen MR) is 126 cm³/mol. The molecular weight excluding hydrogens is 402 g/mol. The molecule has 0 spiro atoms. The molecule has 3 aromatic rings. The van der Waals surface area contributed by atoms with Crippen LogP contribution in [-0.2, 0) is 24.1 Å². The molecule has 0 saturated carbocycles. The van der Waals surface area contributed by atoms with Crippen LogP contribution in [0.1, 0.15) is 67.4 Å². The average Bonchev–Trinajstić information content (AvgIpc) is 3.39. The van der Waals surface area contributed by atoms with Crippen LogP contribution in [0.25, 0.3) is 11.0 Å². The Hall–Kier alpha value is -3.08. The standard InChI is InChI=1S/C27H31NO4/c29-27(30)21(12-7-2-1-4-9-19-10-5-3-6-11-19)17-24(28-31)20-15-16-23-22-13-8-14-25(22)32-26(23)18-20/h3,5-6,10-11,15-16,18,21,31H,1-2,4,7-9,12-14,17H2,(H,29,30)/t21-/m0/s1. The first-order valence-corrected chi connectivity index (χ1v) is 11.7. The van der Waals surface area contributed by atoms with E-state index in [4.69, 9.17) is 4.42 Å². The highest BCUT2D eigenvalue weighted by Gasteiger charge is 2.23. The van der Waals surface area contributed by atoms with Crippen LogP contribution in [-0.4, -0.2) is 22.0 Å². The molecule has 168 valence electrons. The molecule has 0 unspecified atom stereocenters. The van der Waals surface area contributed by atoms with E-state index in [1.165, 1.54) is 11.1 Å². The zero-order chi connectivity index (χ0) is 22.3. The number of oxime groups is 1. The lowest BCUT2D eigenvalue weighted by Crippen LogP contribution is -2.19. The largest absolute Gasteiger partial charge is 0.481 e. The summed E-state index contributed by atoms with van der Waals surface area (Å²) in [7, 11) is 0. The van der Waals surface area contributed by atoms with Gasteiger partial charge in [-0.1, -0.05) is 66.9 Å². The molecule has 1 aliphatic rings. The summed E-state index contributed by atoms with van der Waals surface area (Å²) in [5, 5.41) is 23.9. The number of benzene rings is 2. The number of hydrogen-bond acceptors (Lipinski definition) is 4. The third kappa shape index (κ3) is 5.21. The first-order valence-electron chi connectivity index (χ1n) is 11.7. The van der Waals surface area contributed by atoms with Gasteiger partial charge >= 0.3 is 5.97 Å². The molecule has 2 N–H and O–H groups in total. The minimum Gasteiger partial charge on any atom is -0.481 e. The summed E-state index contributed by atoms with van der Waals surface area (Å²) >= 11 is 0. The number of unbranched alkanes of at least 4 members (excludes halogenated alkanes) is 3. The number of carboxylic acid groups (broad SMARTS) is 1. The van der Waals surface area contributed by atoms with Crippen molar-refractivity contribution in [2.45, 2.75) is 64.2 Å². The summed E-state index contributed by atoms with van der Waals surface area (Å²) in [5.41, 5.74) is 4.54. The number of hydrogen-bond donors (Lipinski definition) is 2. The molecule has 1 atom stereocenters. The fourth-order valence-electron chi connectivity index (χ4n) is 4.76. The Morgan fingerprint density at radius 1 is 1.03 bits per heavy atom. The van der Waals surface area contributed by atoms with Crippen LogP contribution in [0.4, 0.5) is 0 Å². The van der Waals surface area contributed by atoms with Crippen LogP contribution < -0.4 is 0 Å². The van der Waals surface area contributed by atoms with Gasteiger partial charge < -0.3 is 14.7 Å². The normalized spacial score (nSPS) is 14.6. The highest BCUT2D eigenvalue weighted by molar-refractivity contribution is 6.04. The van der Waals surface area contributed by atoms with E-state index >= 15 is 0 Å². The molecule has 1 heterocycles. The van der Waals surface area contributed by atoms with Crippen LogP contribution in [0.3, 0.4) is 0 Å². The zero-order valence-corrected chi connectivity index (χ0v) is 18.4. The van der Waals surface area contributed by atoms with Crippen LogP contribution >= 0.6 is 0 Å². The fraction of sp³-hybridized carbons (Fsp3) is 0.407. The number of fused-ring (bicyclic) bond motifs is 3. The molecule has 0 amide bonds. The maximum atomic E-state index is 11.8. The topological polar surface area (TPSA) is 83.0 Å². The lowest BCUT2D eigenvalue weighted by molar-refractivity contribution is -0.141. The van der Waals surface area contributed by atoms with Gasteiger partial charge in [0, 0.05) is 29.4 Å². The van der Waals surface area contributed by atoms with Gasteiger partial charge in [0.1, 0.15) is 11.3 Å². The monoisotopic (exact) mass is 433 g/mol. The van der Waals surface area contributed by atoms with E-state index in [-0.39, 0.29) is 6.42 Å². The van der Waals surface area contributed by atoms with Gasteiger partial charge in [0.25, 0.3) is 0 Å². The first-order chi connectivity index (χ1) is 15.7. The summed E-state index contributed by atoms with van der Waals surface area (Å²) in [4.78, 5) is 11.8. The van der Waals surface area contributed by atoms with Gasteiger partial charge in [0.05, 0.1) is 11.6 Å². The smallest absolute Gasteiger partial charge is 0.306 e. The Bertz CT molecular complexity index is 1080. The van der Waals surface area contributed by atoms with Crippen molar-refractivity contribution < 1.29 is 19.5 Å². The molecule has 0 bridgehead atoms. The van der Waals surface area contributed by atoms with Crippen molar-refractivity contribution in [1.82, 2.24) is 0 Å². The number of nitrogens with zero attached hydrogens (tertiary/aromatic N) is 1. The quantitative estimate of drug-likeness (QED) is 0.159. The molecule has 5 heteroatoms. The number of aryl methyl sites for hydroxylation is 3. The Morgan fingerprint density at radius 2 is 1.84 bits per heavy atom. The highest BCUT2D eigenvalue weighted by atomic mass is 16.4. The highest BCUT2D eigenvalue weighted by Crippen LogP contribution is 2.33. The fourth-order valence-corrected chi connectivity index (χ4v) is 4.76. The van der Waals surface area contributed by atoms with E-state index in [9.17, 15) is 15.1 Å². The van der Waals surface area contributed by atoms with E-state index in [2.05, 4.69) is 29.4 Å². The lowest BCUT2D eigenvalue weighted by atomic mass is 9.92. The Morgan fingerprint density at radius 3 is 2.62 bits per heavy atom. The molecule has 32 heavy (non-hydrogen) atoms. The van der Waals surface area contributed by atoms with E-state index in [0.29, 0.717) is 12.1 Å². The van der Waals surface area contributed by atoms with E-state index in [0.717, 1.165) is 73.7 Å². The Balaban J connectivity index is 1.30. The van der Waals surface area contributed by atoms with E-state index in [1.54, 1.807) is 0 Å². The van der Waals surface area contributed by atoms with Gasteiger partial charge in [-0.2, -0.15) is 0 Å². The Kier molecular flexibility index (Phi) is 7.25. The molecule has 0 radical (unpaired) electrons. The molecule has 2 aromatic carbocycles. The molecule has 1 aliphatic carbocycles. The van der Waals surface area contributed by atoms with Crippen LogP contribution in [0, 0.1) is 5.92 Å². The number of carboxylic acids is 1. The van der Waals surface area contributed by atoms with Gasteiger partial charge in [-0.25, -0.2) is 0 Å². The second-order valence-corrected chi connectivity index (χ2v) is 8.79. The van der Waals surface area contributed by atoms with Crippen LogP contribution in [0.2, 0.25) is 0 Å². The summed E-state index contributed by atoms with van der Waals surface area (Å²) in [6, 6.07) is 16.2. The second kappa shape index (κ2) is 10.5. The second-order valence-electron chi connectivity index (χ2n) is 8.79. The molecule has 0 fully saturated rings. The van der Waals surface area contributed by atoms with Crippen LogP contribution in [0.5, 0.6) is 0 Å². The van der Waals surface area contributed by atoms with Gasteiger partial charge in [0.2, 0.25) is 0 Å². The van der Waals surface area contributed by atoms with Crippen molar-refractivity contribution in [3.05, 3.63) is 71.0 Å². The van der Waals surface area contributed by atoms with Gasteiger partial charge in [-0.3, -0.25) is 4.79 Å². The summed E-state index contributed by atoms with van der Waals surface area (Å²) < 4.78 is 5.98. The van der Waals surface area contributed by atoms with Gasteiger partial charge in [-0.15, -0.1) is 0 Å². The number of aliphatic carboxylic acids is 1. The maximum Gasteiger partial charge on any atom is 0.306 e. The van der Waals surface area contributed by atoms with Gasteiger partial charge in [-0.05, 0) is 43.7 Å². The first kappa shape index (κ1) is 22.1. The SMILES string of the molecule is O=C(O)[C@@H](CCCCCCc1ccccc1)CC(=NO)c1ccc2c3c(oc2c1)CCC3. The van der Waals surface area contributed by atoms with Crippen molar-refractivity contribution in [3.63, 3.8) is 0 Å². The van der Waals surface area contributed by atoms with Crippen molar-refractivity contribution >= 4 is 22.7 Å².